The fourth-order valence-corrected chi connectivity index (χ4v) is 11.9. The Balaban J connectivity index is 1.04. The molecule has 0 aliphatic heterocycles. The average Bonchev–Trinajstić information content (AvgIpc) is 4.09. The summed E-state index contributed by atoms with van der Waals surface area (Å²) in [6.45, 7) is 0. The Labute approximate surface area is 342 Å². The van der Waals surface area contributed by atoms with Gasteiger partial charge in [0.2, 0.25) is 0 Å². The van der Waals surface area contributed by atoms with Crippen molar-refractivity contribution in [3.63, 3.8) is 0 Å². The Morgan fingerprint density at radius 3 is 0.948 bits per heavy atom. The second kappa shape index (κ2) is 13.1. The highest BCUT2D eigenvalue weighted by Crippen LogP contribution is 2.63. The zero-order chi connectivity index (χ0) is 38.3. The van der Waals surface area contributed by atoms with Crippen LogP contribution >= 0.6 is 0 Å². The molecule has 2 fully saturated rings. The monoisotopic (exact) mass is 746 g/mol. The third-order valence-electron chi connectivity index (χ3n) is 14.3. The van der Waals surface area contributed by atoms with E-state index in [-0.39, 0.29) is 10.8 Å². The topological polar surface area (TPSA) is 6.48 Å². The van der Waals surface area contributed by atoms with Crippen LogP contribution in [0, 0.1) is 0 Å². The van der Waals surface area contributed by atoms with Crippen molar-refractivity contribution in [2.75, 3.05) is 9.80 Å². The molecular formula is C56H46N2. The lowest BCUT2D eigenvalue weighted by Crippen LogP contribution is -2.21. The quantitative estimate of drug-likeness (QED) is 0.167. The van der Waals surface area contributed by atoms with Crippen LogP contribution in [0.25, 0.3) is 33.0 Å². The van der Waals surface area contributed by atoms with Crippen molar-refractivity contribution in [3.05, 3.63) is 204 Å². The first-order valence-corrected chi connectivity index (χ1v) is 21.4. The number of hydrogen-bond donors (Lipinski definition) is 0. The van der Waals surface area contributed by atoms with Crippen molar-refractivity contribution < 1.29 is 0 Å². The summed E-state index contributed by atoms with van der Waals surface area (Å²) in [6.07, 6.45) is 9.91. The van der Waals surface area contributed by atoms with Crippen molar-refractivity contribution in [2.45, 2.75) is 62.2 Å². The number of benzene rings is 8. The number of hydrogen-bond acceptors (Lipinski definition) is 2. The lowest BCUT2D eigenvalue weighted by molar-refractivity contribution is 0.549. The summed E-state index contributed by atoms with van der Waals surface area (Å²) in [5, 5.41) is 2.83. The van der Waals surface area contributed by atoms with Crippen LogP contribution in [-0.2, 0) is 10.8 Å². The van der Waals surface area contributed by atoms with Gasteiger partial charge in [-0.3, -0.25) is 0 Å². The molecule has 0 unspecified atom stereocenters. The van der Waals surface area contributed by atoms with E-state index in [1.807, 2.05) is 0 Å². The van der Waals surface area contributed by atoms with Crippen LogP contribution in [0.1, 0.15) is 73.6 Å². The second-order valence-electron chi connectivity index (χ2n) is 17.1. The van der Waals surface area contributed by atoms with Gasteiger partial charge < -0.3 is 9.80 Å². The third-order valence-corrected chi connectivity index (χ3v) is 14.3. The van der Waals surface area contributed by atoms with E-state index in [1.165, 1.54) is 130 Å². The molecule has 2 nitrogen and oxygen atoms in total. The third kappa shape index (κ3) is 4.84. The first kappa shape index (κ1) is 33.7. The molecule has 0 saturated heterocycles. The zero-order valence-corrected chi connectivity index (χ0v) is 32.9. The molecule has 0 amide bonds. The van der Waals surface area contributed by atoms with Crippen molar-refractivity contribution in [1.29, 1.82) is 0 Å². The van der Waals surface area contributed by atoms with Gasteiger partial charge in [0.05, 0.1) is 0 Å². The first-order chi connectivity index (χ1) is 28.7. The maximum atomic E-state index is 2.55. The highest BCUT2D eigenvalue weighted by molar-refractivity contribution is 6.11. The predicted octanol–water partition coefficient (Wildman–Crippen LogP) is 15.5. The Hall–Kier alpha value is -6.38. The van der Waals surface area contributed by atoms with Crippen molar-refractivity contribution in [1.82, 2.24) is 0 Å². The van der Waals surface area contributed by atoms with E-state index in [1.54, 1.807) is 11.1 Å². The molecule has 0 N–H and O–H groups in total. The number of anilines is 6. The van der Waals surface area contributed by atoms with Gasteiger partial charge in [-0.05, 0) is 154 Å². The molecule has 0 heterocycles. The molecule has 2 spiro atoms. The molecule has 8 aromatic rings. The van der Waals surface area contributed by atoms with E-state index < -0.39 is 0 Å². The molecule has 2 heteroatoms. The molecule has 0 aromatic heterocycles. The molecular weight excluding hydrogens is 701 g/mol. The lowest BCUT2D eigenvalue weighted by Gasteiger charge is -2.30. The molecule has 4 aliphatic carbocycles. The van der Waals surface area contributed by atoms with Crippen molar-refractivity contribution in [3.8, 4) is 22.3 Å². The molecule has 58 heavy (non-hydrogen) atoms. The van der Waals surface area contributed by atoms with Gasteiger partial charge in [0.15, 0.2) is 0 Å². The smallest absolute Gasteiger partial charge is 0.0465 e. The van der Waals surface area contributed by atoms with Crippen LogP contribution in [-0.4, -0.2) is 0 Å². The van der Waals surface area contributed by atoms with Gasteiger partial charge in [0.25, 0.3) is 0 Å². The van der Waals surface area contributed by atoms with Crippen LogP contribution < -0.4 is 9.80 Å². The van der Waals surface area contributed by atoms with Crippen LogP contribution in [0.15, 0.2) is 182 Å². The van der Waals surface area contributed by atoms with Gasteiger partial charge in [0, 0.05) is 45.0 Å². The second-order valence-corrected chi connectivity index (χ2v) is 17.1. The Bertz CT molecular complexity index is 2560. The SMILES string of the molecule is c1ccc(N(c2ccccc2)c2ccc3c(c2)C2(CCCC2)c2ccc4c5c(ccc4c2-3)C2(CCCC2)c2cc(N(c3ccccc3)c3ccccc3)ccc2-5)cc1. The maximum Gasteiger partial charge on any atom is 0.0465 e. The molecule has 2 saturated carbocycles. The highest BCUT2D eigenvalue weighted by atomic mass is 15.1. The Morgan fingerprint density at radius 2 is 0.621 bits per heavy atom. The molecule has 0 atom stereocenters. The Morgan fingerprint density at radius 1 is 0.293 bits per heavy atom. The fourth-order valence-electron chi connectivity index (χ4n) is 11.9. The van der Waals surface area contributed by atoms with Gasteiger partial charge >= 0.3 is 0 Å². The van der Waals surface area contributed by atoms with Crippen molar-refractivity contribution >= 4 is 44.9 Å². The maximum absolute atomic E-state index is 2.55. The molecule has 12 rings (SSSR count). The summed E-state index contributed by atoms with van der Waals surface area (Å²) in [7, 11) is 0. The summed E-state index contributed by atoms with van der Waals surface area (Å²) in [5.41, 5.74) is 19.2. The molecule has 4 aliphatic rings. The minimum absolute atomic E-state index is 0.0464. The van der Waals surface area contributed by atoms with Crippen LogP contribution in [0.2, 0.25) is 0 Å². The molecule has 8 aromatic carbocycles. The van der Waals surface area contributed by atoms with Gasteiger partial charge in [-0.25, -0.2) is 0 Å². The van der Waals surface area contributed by atoms with Gasteiger partial charge in [-0.1, -0.05) is 135 Å². The van der Waals surface area contributed by atoms with Gasteiger partial charge in [-0.2, -0.15) is 0 Å². The fraction of sp³-hybridized carbons (Fsp3) is 0.179. The largest absolute Gasteiger partial charge is 0.310 e. The van der Waals surface area contributed by atoms with E-state index in [4.69, 9.17) is 0 Å². The lowest BCUT2D eigenvalue weighted by atomic mass is 9.75. The molecule has 280 valence electrons. The number of nitrogens with zero attached hydrogens (tertiary/aromatic N) is 2. The van der Waals surface area contributed by atoms with E-state index in [2.05, 4.69) is 192 Å². The van der Waals surface area contributed by atoms with E-state index in [0.717, 1.165) is 0 Å². The summed E-state index contributed by atoms with van der Waals surface area (Å²) < 4.78 is 0. The molecule has 0 bridgehead atoms. The average molecular weight is 747 g/mol. The van der Waals surface area contributed by atoms with Crippen LogP contribution in [0.3, 0.4) is 0 Å². The standard InChI is InChI=1S/C56H46N2/c1-5-17-39(18-6-1)57(40-19-7-2-8-20-40)43-25-27-47-51(37-43)55(33-13-14-34-55)49-31-29-46-45(53(47)49)30-32-50-54(46)48-28-26-44(38-52(48)56(50)35-15-16-36-56)58(41-21-9-3-10-22-41)42-23-11-4-12-24-42/h1-12,17-32,37-38H,13-16,33-36H2. The molecule has 0 radical (unpaired) electrons. The van der Waals surface area contributed by atoms with Gasteiger partial charge in [-0.15, -0.1) is 0 Å². The zero-order valence-electron chi connectivity index (χ0n) is 32.9. The van der Waals surface area contributed by atoms with E-state index >= 15 is 0 Å². The summed E-state index contributed by atoms with van der Waals surface area (Å²) in [4.78, 5) is 4.86. The van der Waals surface area contributed by atoms with E-state index in [0.29, 0.717) is 0 Å². The minimum atomic E-state index is 0.0464. The summed E-state index contributed by atoms with van der Waals surface area (Å²) >= 11 is 0. The van der Waals surface area contributed by atoms with Crippen LogP contribution in [0.4, 0.5) is 34.1 Å². The van der Waals surface area contributed by atoms with E-state index in [9.17, 15) is 0 Å². The number of para-hydroxylation sites is 4. The van der Waals surface area contributed by atoms with Gasteiger partial charge in [0.1, 0.15) is 0 Å². The van der Waals surface area contributed by atoms with Crippen molar-refractivity contribution in [2.24, 2.45) is 0 Å². The van der Waals surface area contributed by atoms with Crippen LogP contribution in [0.5, 0.6) is 0 Å². The number of fused-ring (bicyclic) bond motifs is 13. The highest BCUT2D eigenvalue weighted by Gasteiger charge is 2.48. The normalized spacial score (nSPS) is 16.3. The summed E-state index contributed by atoms with van der Waals surface area (Å²) in [5.74, 6) is 0. The Kier molecular flexibility index (Phi) is 7.61. The summed E-state index contributed by atoms with van der Waals surface area (Å²) in [6, 6.07) is 68.4. The first-order valence-electron chi connectivity index (χ1n) is 21.4. The predicted molar refractivity (Wildman–Crippen MR) is 243 cm³/mol. The minimum Gasteiger partial charge on any atom is -0.310 e. The number of rotatable bonds is 6.